The van der Waals surface area contributed by atoms with Crippen molar-refractivity contribution in [2.75, 3.05) is 40.3 Å². The van der Waals surface area contributed by atoms with Crippen LogP contribution in [0.25, 0.3) is 0 Å². The molecule has 0 bridgehead atoms. The Morgan fingerprint density at radius 3 is 2.65 bits per heavy atom. The van der Waals surface area contributed by atoms with Crippen molar-refractivity contribution in [2.45, 2.75) is 44.9 Å². The van der Waals surface area contributed by atoms with E-state index in [1.165, 1.54) is 19.3 Å². The summed E-state index contributed by atoms with van der Waals surface area (Å²) in [6.45, 7) is 2.64. The van der Waals surface area contributed by atoms with Crippen LogP contribution in [0.1, 0.15) is 44.9 Å². The van der Waals surface area contributed by atoms with Crippen molar-refractivity contribution in [1.82, 2.24) is 9.80 Å². The number of aliphatic hydroxyl groups excluding tert-OH is 1. The number of hydrogen-bond acceptors (Lipinski definition) is 3. The minimum absolute atomic E-state index is 0.117. The average molecular weight is 282 g/mol. The molecular formula is C16H30N2O2. The van der Waals surface area contributed by atoms with Crippen LogP contribution in [0.2, 0.25) is 0 Å². The Balaban J connectivity index is 1.85. The zero-order valence-corrected chi connectivity index (χ0v) is 13.1. The van der Waals surface area contributed by atoms with E-state index >= 15 is 0 Å². The summed E-state index contributed by atoms with van der Waals surface area (Å²) >= 11 is 0. The highest BCUT2D eigenvalue weighted by molar-refractivity contribution is 5.76. The lowest BCUT2D eigenvalue weighted by Gasteiger charge is -2.43. The molecule has 1 saturated heterocycles. The van der Waals surface area contributed by atoms with Crippen LogP contribution in [0.5, 0.6) is 0 Å². The maximum absolute atomic E-state index is 12.4. The molecule has 4 heteroatoms. The van der Waals surface area contributed by atoms with Gasteiger partial charge in [-0.1, -0.05) is 19.3 Å². The van der Waals surface area contributed by atoms with Gasteiger partial charge in [0, 0.05) is 31.5 Å². The number of likely N-dealkylation sites (tertiary alicyclic amines) is 1. The first kappa shape index (κ1) is 15.8. The summed E-state index contributed by atoms with van der Waals surface area (Å²) in [6, 6.07) is 0. The Morgan fingerprint density at radius 2 is 2.10 bits per heavy atom. The molecule has 116 valence electrons. The molecule has 20 heavy (non-hydrogen) atoms. The second kappa shape index (κ2) is 6.90. The molecule has 1 aliphatic heterocycles. The minimum atomic E-state index is -0.117. The largest absolute Gasteiger partial charge is 0.396 e. The summed E-state index contributed by atoms with van der Waals surface area (Å²) in [7, 11) is 4.07. The van der Waals surface area contributed by atoms with Crippen molar-refractivity contribution in [3.63, 3.8) is 0 Å². The molecule has 1 N–H and O–H groups in total. The van der Waals surface area contributed by atoms with E-state index in [1.54, 1.807) is 0 Å². The number of aliphatic hydroxyl groups is 1. The van der Waals surface area contributed by atoms with E-state index in [-0.39, 0.29) is 12.0 Å². The van der Waals surface area contributed by atoms with Crippen LogP contribution in [0, 0.1) is 11.3 Å². The van der Waals surface area contributed by atoms with Crippen LogP contribution in [-0.2, 0) is 4.79 Å². The molecule has 2 rings (SSSR count). The lowest BCUT2D eigenvalue weighted by molar-refractivity contribution is -0.136. The first-order valence-corrected chi connectivity index (χ1v) is 8.08. The molecule has 0 aromatic rings. The minimum Gasteiger partial charge on any atom is -0.396 e. The second-order valence-electron chi connectivity index (χ2n) is 7.15. The number of carbonyl (C=O) groups excluding carboxylic acids is 1. The molecule has 2 aliphatic rings. The Labute approximate surface area is 123 Å². The highest BCUT2D eigenvalue weighted by Crippen LogP contribution is 2.33. The summed E-state index contributed by atoms with van der Waals surface area (Å²) in [5, 5.41) is 9.79. The van der Waals surface area contributed by atoms with Gasteiger partial charge in [-0.3, -0.25) is 4.79 Å². The van der Waals surface area contributed by atoms with Crippen LogP contribution in [0.3, 0.4) is 0 Å². The standard InChI is InChI=1S/C16H30N2O2/c1-17(2)11-16(13-19)9-4-10-18(12-16)15(20)8-7-14-5-3-6-14/h14,19H,3-13H2,1-2H3/t16-/m0/s1. The molecule has 4 nitrogen and oxygen atoms in total. The zero-order valence-electron chi connectivity index (χ0n) is 13.1. The van der Waals surface area contributed by atoms with Crippen LogP contribution < -0.4 is 0 Å². The predicted molar refractivity (Wildman–Crippen MR) is 80.5 cm³/mol. The predicted octanol–water partition coefficient (Wildman–Crippen LogP) is 1.73. The van der Waals surface area contributed by atoms with Crippen molar-refractivity contribution >= 4 is 5.91 Å². The Bertz CT molecular complexity index is 328. The number of nitrogens with zero attached hydrogens (tertiary/aromatic N) is 2. The van der Waals surface area contributed by atoms with E-state index in [0.717, 1.165) is 44.8 Å². The maximum Gasteiger partial charge on any atom is 0.222 e. The number of hydrogen-bond donors (Lipinski definition) is 1. The van der Waals surface area contributed by atoms with Crippen molar-refractivity contribution in [2.24, 2.45) is 11.3 Å². The van der Waals surface area contributed by atoms with Gasteiger partial charge in [-0.2, -0.15) is 0 Å². The monoisotopic (exact) mass is 282 g/mol. The third-order valence-electron chi connectivity index (χ3n) is 4.99. The number of amides is 1. The van der Waals surface area contributed by atoms with Crippen molar-refractivity contribution < 1.29 is 9.90 Å². The summed E-state index contributed by atoms with van der Waals surface area (Å²) in [5.41, 5.74) is -0.117. The fraction of sp³-hybridized carbons (Fsp3) is 0.938. The van der Waals surface area contributed by atoms with Gasteiger partial charge in [-0.05, 0) is 39.3 Å². The third kappa shape index (κ3) is 3.95. The van der Waals surface area contributed by atoms with Crippen LogP contribution >= 0.6 is 0 Å². The SMILES string of the molecule is CN(C)C[C@@]1(CO)CCCN(C(=O)CCC2CCC2)C1. The molecule has 1 saturated carbocycles. The molecule has 2 fully saturated rings. The molecule has 1 amide bonds. The van der Waals surface area contributed by atoms with Gasteiger partial charge in [-0.15, -0.1) is 0 Å². The van der Waals surface area contributed by atoms with Gasteiger partial charge in [0.25, 0.3) is 0 Å². The van der Waals surface area contributed by atoms with Gasteiger partial charge in [0.2, 0.25) is 5.91 Å². The fourth-order valence-electron chi connectivity index (χ4n) is 3.67. The van der Waals surface area contributed by atoms with E-state index in [2.05, 4.69) is 4.90 Å². The Kier molecular flexibility index (Phi) is 5.44. The van der Waals surface area contributed by atoms with Gasteiger partial charge in [0.1, 0.15) is 0 Å². The maximum atomic E-state index is 12.4. The summed E-state index contributed by atoms with van der Waals surface area (Å²) in [4.78, 5) is 16.5. The van der Waals surface area contributed by atoms with Gasteiger partial charge in [0.05, 0.1) is 6.61 Å². The fourth-order valence-corrected chi connectivity index (χ4v) is 3.67. The van der Waals surface area contributed by atoms with E-state index in [4.69, 9.17) is 0 Å². The third-order valence-corrected chi connectivity index (χ3v) is 4.99. The highest BCUT2D eigenvalue weighted by atomic mass is 16.3. The molecule has 0 spiro atoms. The number of carbonyl (C=O) groups is 1. The number of rotatable bonds is 6. The van der Waals surface area contributed by atoms with E-state index in [1.807, 2.05) is 19.0 Å². The summed E-state index contributed by atoms with van der Waals surface area (Å²) in [6.07, 6.45) is 7.78. The first-order chi connectivity index (χ1) is 9.54. The molecule has 1 heterocycles. The molecule has 0 radical (unpaired) electrons. The van der Waals surface area contributed by atoms with E-state index in [0.29, 0.717) is 12.3 Å². The highest BCUT2D eigenvalue weighted by Gasteiger charge is 2.37. The molecule has 0 aromatic heterocycles. The Morgan fingerprint density at radius 1 is 1.35 bits per heavy atom. The zero-order chi connectivity index (χ0) is 14.6. The van der Waals surface area contributed by atoms with E-state index in [9.17, 15) is 9.90 Å². The van der Waals surface area contributed by atoms with Gasteiger partial charge in [0.15, 0.2) is 0 Å². The van der Waals surface area contributed by atoms with Crippen LogP contribution in [-0.4, -0.2) is 61.2 Å². The van der Waals surface area contributed by atoms with Gasteiger partial charge in [-0.25, -0.2) is 0 Å². The second-order valence-corrected chi connectivity index (χ2v) is 7.15. The number of piperidine rings is 1. The molecular weight excluding hydrogens is 252 g/mol. The van der Waals surface area contributed by atoms with Crippen LogP contribution in [0.15, 0.2) is 0 Å². The lowest BCUT2D eigenvalue weighted by atomic mass is 9.79. The Hall–Kier alpha value is -0.610. The molecule has 0 aromatic carbocycles. The summed E-state index contributed by atoms with van der Waals surface area (Å²) in [5.74, 6) is 1.10. The van der Waals surface area contributed by atoms with Crippen molar-refractivity contribution in [1.29, 1.82) is 0 Å². The molecule has 1 aliphatic carbocycles. The quantitative estimate of drug-likeness (QED) is 0.807. The average Bonchev–Trinajstić information content (AvgIpc) is 2.36. The molecule has 1 atom stereocenters. The van der Waals surface area contributed by atoms with Gasteiger partial charge < -0.3 is 14.9 Å². The molecule has 0 unspecified atom stereocenters. The topological polar surface area (TPSA) is 43.8 Å². The van der Waals surface area contributed by atoms with Crippen molar-refractivity contribution in [3.8, 4) is 0 Å². The lowest BCUT2D eigenvalue weighted by Crippen LogP contribution is -2.52. The van der Waals surface area contributed by atoms with Crippen LogP contribution in [0.4, 0.5) is 0 Å². The van der Waals surface area contributed by atoms with E-state index < -0.39 is 0 Å². The smallest absolute Gasteiger partial charge is 0.222 e. The van der Waals surface area contributed by atoms with Crippen molar-refractivity contribution in [3.05, 3.63) is 0 Å². The first-order valence-electron chi connectivity index (χ1n) is 8.08. The summed E-state index contributed by atoms with van der Waals surface area (Å²) < 4.78 is 0. The van der Waals surface area contributed by atoms with Gasteiger partial charge >= 0.3 is 0 Å². The normalized spacial score (nSPS) is 27.7.